The van der Waals surface area contributed by atoms with Crippen molar-refractivity contribution in [1.82, 2.24) is 5.32 Å². The van der Waals surface area contributed by atoms with E-state index in [9.17, 15) is 30.3 Å². The summed E-state index contributed by atoms with van der Waals surface area (Å²) in [4.78, 5) is 12.9. The molecule has 1 aliphatic rings. The van der Waals surface area contributed by atoms with E-state index >= 15 is 0 Å². The molecule has 2 rings (SSSR count). The maximum absolute atomic E-state index is 12.4. The summed E-state index contributed by atoms with van der Waals surface area (Å²) in [6.45, 7) is 0.848. The Morgan fingerprint density at radius 3 is 2.57 bits per heavy atom. The Kier molecular flexibility index (Phi) is 10.1. The average Bonchev–Trinajstić information content (AvgIpc) is 2.72. The number of hydrogen-bond acceptors (Lipinski definition) is 9. The molecule has 0 aromatic heterocycles. The number of nitrogens with one attached hydrogen (secondary N) is 1. The highest BCUT2D eigenvalue weighted by Crippen LogP contribution is 2.30. The van der Waals surface area contributed by atoms with E-state index in [-0.39, 0.29) is 6.61 Å². The number of halogens is 2. The van der Waals surface area contributed by atoms with Gasteiger partial charge in [0, 0.05) is 9.92 Å². The first kappa shape index (κ1) is 25.6. The molecule has 0 spiro atoms. The van der Waals surface area contributed by atoms with Crippen molar-refractivity contribution in [2.75, 3.05) is 13.2 Å². The van der Waals surface area contributed by atoms with Crippen LogP contribution in [0.5, 0.6) is 0 Å². The van der Waals surface area contributed by atoms with Gasteiger partial charge >= 0.3 is 0 Å². The molecule has 1 aromatic carbocycles. The van der Waals surface area contributed by atoms with Crippen LogP contribution in [-0.4, -0.2) is 86.8 Å². The van der Waals surface area contributed by atoms with Crippen molar-refractivity contribution in [3.63, 3.8) is 0 Å². The molecule has 0 bridgehead atoms. The van der Waals surface area contributed by atoms with E-state index in [0.717, 1.165) is 11.8 Å². The number of benzene rings is 1. The number of carbonyl (C=O) groups is 1. The van der Waals surface area contributed by atoms with Crippen LogP contribution in [0.15, 0.2) is 23.1 Å². The van der Waals surface area contributed by atoms with Crippen LogP contribution in [0.3, 0.4) is 0 Å². The maximum Gasteiger partial charge on any atom is 0.284 e. The summed E-state index contributed by atoms with van der Waals surface area (Å²) >= 11 is 12.7. The summed E-state index contributed by atoms with van der Waals surface area (Å²) in [6, 6.07) is 3.81. The minimum atomic E-state index is -1.59. The van der Waals surface area contributed by atoms with E-state index in [4.69, 9.17) is 32.7 Å². The van der Waals surface area contributed by atoms with Crippen LogP contribution in [0.2, 0.25) is 10.0 Å². The molecule has 1 fully saturated rings. The first-order chi connectivity index (χ1) is 14.2. The van der Waals surface area contributed by atoms with Gasteiger partial charge in [0.1, 0.15) is 24.4 Å². The molecular weight excluding hydrogens is 461 g/mol. The second-order valence-electron chi connectivity index (χ2n) is 6.72. The van der Waals surface area contributed by atoms with Gasteiger partial charge in [0.2, 0.25) is 0 Å². The van der Waals surface area contributed by atoms with Gasteiger partial charge in [-0.05, 0) is 36.4 Å². The summed E-state index contributed by atoms with van der Waals surface area (Å²) in [5.74, 6) is 0. The van der Waals surface area contributed by atoms with Crippen LogP contribution in [0.4, 0.5) is 4.79 Å². The maximum atomic E-state index is 12.4. The molecule has 7 atom stereocenters. The third-order valence-electron chi connectivity index (χ3n) is 4.57. The van der Waals surface area contributed by atoms with Crippen LogP contribution >= 0.6 is 35.0 Å². The molecule has 6 N–H and O–H groups in total. The topological polar surface area (TPSA) is 149 Å². The lowest BCUT2D eigenvalue weighted by Gasteiger charge is -2.40. The van der Waals surface area contributed by atoms with Crippen molar-refractivity contribution < 1.29 is 39.8 Å². The molecule has 5 unspecified atom stereocenters. The number of ether oxygens (including phenoxy) is 2. The van der Waals surface area contributed by atoms with Crippen molar-refractivity contribution in [1.29, 1.82) is 0 Å². The van der Waals surface area contributed by atoms with Crippen LogP contribution < -0.4 is 5.32 Å². The molecule has 0 aliphatic carbocycles. The number of aliphatic hydroxyl groups excluding tert-OH is 5. The predicted octanol–water partition coefficient (Wildman–Crippen LogP) is 0.751. The summed E-state index contributed by atoms with van der Waals surface area (Å²) in [7, 11) is 0. The highest BCUT2D eigenvalue weighted by atomic mass is 35.5. The van der Waals surface area contributed by atoms with Gasteiger partial charge < -0.3 is 40.3 Å². The molecule has 1 aromatic rings. The van der Waals surface area contributed by atoms with E-state index in [1.54, 1.807) is 19.1 Å². The van der Waals surface area contributed by atoms with Gasteiger partial charge in [0.15, 0.2) is 6.29 Å². The molecule has 1 heterocycles. The third-order valence-corrected chi connectivity index (χ3v) is 6.11. The molecular formula is C18H25Cl2NO8S. The van der Waals surface area contributed by atoms with Gasteiger partial charge in [-0.2, -0.15) is 0 Å². The molecule has 9 nitrogen and oxygen atoms in total. The molecule has 0 saturated carbocycles. The van der Waals surface area contributed by atoms with E-state index in [1.165, 1.54) is 6.07 Å². The monoisotopic (exact) mass is 485 g/mol. The molecule has 170 valence electrons. The Hall–Kier alpha value is -0.660. The zero-order valence-electron chi connectivity index (χ0n) is 16.0. The van der Waals surface area contributed by atoms with Crippen LogP contribution in [-0.2, 0) is 9.47 Å². The fourth-order valence-electron chi connectivity index (χ4n) is 2.78. The Bertz CT molecular complexity index is 713. The van der Waals surface area contributed by atoms with E-state index in [0.29, 0.717) is 21.4 Å². The van der Waals surface area contributed by atoms with Gasteiger partial charge in [-0.1, -0.05) is 30.1 Å². The summed E-state index contributed by atoms with van der Waals surface area (Å²) in [5.41, 5.74) is 0. The number of hydrogen-bond donors (Lipinski definition) is 6. The fraction of sp³-hybridized carbons (Fsp3) is 0.611. The Labute approximate surface area is 187 Å². The van der Waals surface area contributed by atoms with Gasteiger partial charge in [-0.15, -0.1) is 0 Å². The number of amides is 1. The first-order valence-corrected chi connectivity index (χ1v) is 10.8. The number of aliphatic hydroxyl groups is 5. The lowest BCUT2D eigenvalue weighted by Crippen LogP contribution is -2.60. The Balaban J connectivity index is 1.99. The zero-order chi connectivity index (χ0) is 22.4. The largest absolute Gasteiger partial charge is 0.394 e. The number of thioether (sulfide) groups is 1. The van der Waals surface area contributed by atoms with Crippen LogP contribution in [0, 0.1) is 0 Å². The molecule has 1 aliphatic heterocycles. The van der Waals surface area contributed by atoms with Crippen LogP contribution in [0.25, 0.3) is 0 Å². The van der Waals surface area contributed by atoms with Crippen LogP contribution in [0.1, 0.15) is 13.3 Å². The molecule has 0 radical (unpaired) electrons. The Morgan fingerprint density at radius 1 is 1.27 bits per heavy atom. The minimum absolute atomic E-state index is 0.266. The normalized spacial score (nSPS) is 28.7. The molecule has 30 heavy (non-hydrogen) atoms. The van der Waals surface area contributed by atoms with Gasteiger partial charge in [-0.3, -0.25) is 4.79 Å². The van der Waals surface area contributed by atoms with Crippen molar-refractivity contribution in [2.24, 2.45) is 0 Å². The summed E-state index contributed by atoms with van der Waals surface area (Å²) in [6.07, 6.45) is -7.85. The lowest BCUT2D eigenvalue weighted by atomic mass is 9.99. The summed E-state index contributed by atoms with van der Waals surface area (Å²) in [5, 5.41) is 52.0. The zero-order valence-corrected chi connectivity index (χ0v) is 18.3. The molecule has 12 heteroatoms. The van der Waals surface area contributed by atoms with Crippen molar-refractivity contribution in [3.8, 4) is 0 Å². The minimum Gasteiger partial charge on any atom is -0.394 e. The predicted molar refractivity (Wildman–Crippen MR) is 111 cm³/mol. The summed E-state index contributed by atoms with van der Waals surface area (Å²) < 4.78 is 10.7. The van der Waals surface area contributed by atoms with Crippen molar-refractivity contribution in [3.05, 3.63) is 28.2 Å². The molecule has 1 amide bonds. The van der Waals surface area contributed by atoms with Gasteiger partial charge in [0.25, 0.3) is 5.24 Å². The van der Waals surface area contributed by atoms with Gasteiger partial charge in [0.05, 0.1) is 30.4 Å². The highest BCUT2D eigenvalue weighted by molar-refractivity contribution is 8.13. The SMILES string of the molecule is CC[C@@H](O)[C@H](COC1OC(CO)C(O)C(O)C1O)NC(=O)Sc1ccc(Cl)cc1Cl. The first-order valence-electron chi connectivity index (χ1n) is 9.21. The molecule has 1 saturated heterocycles. The highest BCUT2D eigenvalue weighted by Gasteiger charge is 2.44. The second-order valence-corrected chi connectivity index (χ2v) is 8.58. The third kappa shape index (κ3) is 6.67. The van der Waals surface area contributed by atoms with Crippen molar-refractivity contribution >= 4 is 40.2 Å². The van der Waals surface area contributed by atoms with E-state index in [1.807, 2.05) is 0 Å². The fourth-order valence-corrected chi connectivity index (χ4v) is 4.00. The number of carbonyl (C=O) groups excluding carboxylic acids is 1. The Morgan fingerprint density at radius 2 is 1.97 bits per heavy atom. The average molecular weight is 486 g/mol. The second kappa shape index (κ2) is 11.8. The standard InChI is InChI=1S/C18H25Cl2NO8S/c1-2-11(23)10(21-18(27)30-13-4-3-8(19)5-9(13)20)7-28-17-16(26)15(25)14(24)12(6-22)29-17/h3-5,10-12,14-17,22-26H,2,6-7H2,1H3,(H,21,27)/t10-,11+,12?,14?,15?,16?,17?/m0/s1. The lowest BCUT2D eigenvalue weighted by molar-refractivity contribution is -0.302. The van der Waals surface area contributed by atoms with E-state index < -0.39 is 54.7 Å². The van der Waals surface area contributed by atoms with Crippen molar-refractivity contribution in [2.45, 2.75) is 61.1 Å². The quantitative estimate of drug-likeness (QED) is 0.293. The number of rotatable bonds is 8. The van der Waals surface area contributed by atoms with E-state index in [2.05, 4.69) is 5.32 Å². The smallest absolute Gasteiger partial charge is 0.284 e. The van der Waals surface area contributed by atoms with Gasteiger partial charge in [-0.25, -0.2) is 0 Å².